The van der Waals surface area contributed by atoms with Crippen molar-refractivity contribution >= 4 is 11.8 Å². The van der Waals surface area contributed by atoms with Crippen molar-refractivity contribution in [3.8, 4) is 22.7 Å². The van der Waals surface area contributed by atoms with E-state index in [1.165, 1.54) is 0 Å². The van der Waals surface area contributed by atoms with E-state index in [0.29, 0.717) is 43.1 Å². The Bertz CT molecular complexity index is 1350. The second-order valence-electron chi connectivity index (χ2n) is 8.84. The number of methoxy groups -OCH3 is 1. The van der Waals surface area contributed by atoms with Gasteiger partial charge in [-0.15, -0.1) is 0 Å². The van der Waals surface area contributed by atoms with Crippen molar-refractivity contribution in [2.75, 3.05) is 20.2 Å². The number of aromatic nitrogens is 2. The van der Waals surface area contributed by atoms with E-state index in [4.69, 9.17) is 14.3 Å². The highest BCUT2D eigenvalue weighted by Gasteiger charge is 2.27. The average molecular weight is 485 g/mol. The van der Waals surface area contributed by atoms with Crippen LogP contribution >= 0.6 is 0 Å². The van der Waals surface area contributed by atoms with Gasteiger partial charge in [-0.2, -0.15) is 5.10 Å². The lowest BCUT2D eigenvalue weighted by Crippen LogP contribution is -2.46. The highest BCUT2D eigenvalue weighted by atomic mass is 16.5. The molecule has 4 aromatic rings. The highest BCUT2D eigenvalue weighted by molar-refractivity contribution is 5.94. The van der Waals surface area contributed by atoms with E-state index in [0.717, 1.165) is 22.7 Å². The lowest BCUT2D eigenvalue weighted by molar-refractivity contribution is 0.0689. The third-order valence-electron chi connectivity index (χ3n) is 6.40. The third-order valence-corrected chi connectivity index (χ3v) is 6.40. The van der Waals surface area contributed by atoms with Gasteiger partial charge in [0.15, 0.2) is 11.5 Å². The first-order chi connectivity index (χ1) is 17.5. The van der Waals surface area contributed by atoms with Gasteiger partial charge in [0, 0.05) is 24.7 Å². The van der Waals surface area contributed by atoms with Crippen LogP contribution in [0.15, 0.2) is 77.2 Å². The van der Waals surface area contributed by atoms with Crippen LogP contribution in [-0.2, 0) is 0 Å². The number of piperidine rings is 1. The Morgan fingerprint density at radius 1 is 1.00 bits per heavy atom. The van der Waals surface area contributed by atoms with Crippen LogP contribution in [0.4, 0.5) is 0 Å². The van der Waals surface area contributed by atoms with E-state index in [-0.39, 0.29) is 17.9 Å². The maximum atomic E-state index is 13.4. The lowest BCUT2D eigenvalue weighted by Gasteiger charge is -2.31. The molecule has 0 bridgehead atoms. The molecular formula is C28H28N4O4. The lowest BCUT2D eigenvalue weighted by atomic mass is 10.0. The van der Waals surface area contributed by atoms with Crippen molar-refractivity contribution < 1.29 is 18.7 Å². The number of likely N-dealkylation sites (tertiary alicyclic amines) is 1. The van der Waals surface area contributed by atoms with Crippen LogP contribution in [0.1, 0.15) is 39.6 Å². The molecule has 1 N–H and O–H groups in total. The number of hydrogen-bond donors (Lipinski definition) is 1. The number of benzene rings is 2. The zero-order valence-corrected chi connectivity index (χ0v) is 20.3. The van der Waals surface area contributed by atoms with Gasteiger partial charge in [-0.3, -0.25) is 9.59 Å². The van der Waals surface area contributed by atoms with Crippen molar-refractivity contribution in [1.82, 2.24) is 20.0 Å². The molecule has 0 unspecified atom stereocenters. The molecule has 2 aromatic carbocycles. The molecule has 1 fully saturated rings. The molecule has 8 heteroatoms. The van der Waals surface area contributed by atoms with Crippen molar-refractivity contribution in [2.45, 2.75) is 25.8 Å². The summed E-state index contributed by atoms with van der Waals surface area (Å²) in [6.07, 6.45) is 1.34. The maximum absolute atomic E-state index is 13.4. The van der Waals surface area contributed by atoms with Crippen molar-refractivity contribution in [1.29, 1.82) is 0 Å². The van der Waals surface area contributed by atoms with E-state index in [1.807, 2.05) is 60.7 Å². The fraction of sp³-hybridized carbons (Fsp3) is 0.250. The third kappa shape index (κ3) is 4.88. The number of amides is 2. The van der Waals surface area contributed by atoms with E-state index in [2.05, 4.69) is 5.32 Å². The van der Waals surface area contributed by atoms with E-state index in [9.17, 15) is 9.59 Å². The number of nitrogens with zero attached hydrogens (tertiary/aromatic N) is 3. The fourth-order valence-corrected chi connectivity index (χ4v) is 4.42. The number of rotatable bonds is 6. The van der Waals surface area contributed by atoms with Gasteiger partial charge in [0.2, 0.25) is 0 Å². The summed E-state index contributed by atoms with van der Waals surface area (Å²) in [6, 6.07) is 22.7. The number of aryl methyl sites for hydroxylation is 1. The summed E-state index contributed by atoms with van der Waals surface area (Å²) in [5.74, 6) is 1.43. The first-order valence-electron chi connectivity index (χ1n) is 12.0. The molecule has 3 heterocycles. The molecule has 0 spiro atoms. The maximum Gasteiger partial charge on any atom is 0.287 e. The summed E-state index contributed by atoms with van der Waals surface area (Å²) in [6.45, 7) is 2.88. The second kappa shape index (κ2) is 10.1. The Kier molecular flexibility index (Phi) is 6.58. The zero-order valence-electron chi connectivity index (χ0n) is 20.3. The summed E-state index contributed by atoms with van der Waals surface area (Å²) >= 11 is 0. The Hall–Kier alpha value is -4.33. The Balaban J connectivity index is 1.32. The summed E-state index contributed by atoms with van der Waals surface area (Å²) in [5.41, 5.74) is 3.01. The number of ether oxygens (including phenoxy) is 1. The van der Waals surface area contributed by atoms with Crippen LogP contribution in [0.5, 0.6) is 5.75 Å². The smallest absolute Gasteiger partial charge is 0.287 e. The van der Waals surface area contributed by atoms with Gasteiger partial charge >= 0.3 is 0 Å². The molecule has 0 atom stereocenters. The van der Waals surface area contributed by atoms with Gasteiger partial charge in [-0.05, 0) is 74.4 Å². The molecule has 1 saturated heterocycles. The number of carbonyl (C=O) groups is 2. The SMILES string of the molecule is COc1ccc(-c2cc(C(=O)N3CCC(NC(=O)c4ccc(C)o4)CC3)nn2-c2ccccc2)cc1. The molecule has 1 aliphatic rings. The molecule has 1 aliphatic heterocycles. The molecule has 0 aliphatic carbocycles. The van der Waals surface area contributed by atoms with Crippen LogP contribution in [-0.4, -0.2) is 52.7 Å². The zero-order chi connectivity index (χ0) is 25.1. The van der Waals surface area contributed by atoms with Gasteiger partial charge in [0.05, 0.1) is 18.5 Å². The molecule has 5 rings (SSSR count). The van der Waals surface area contributed by atoms with Crippen molar-refractivity contribution in [2.24, 2.45) is 0 Å². The standard InChI is InChI=1S/C28H28N4O4/c1-19-8-13-26(36-19)27(33)29-21-14-16-31(17-15-21)28(34)24-18-25(20-9-11-23(35-2)12-10-20)32(30-24)22-6-4-3-5-7-22/h3-13,18,21H,14-17H2,1-2H3,(H,29,33). The monoisotopic (exact) mass is 484 g/mol. The van der Waals surface area contributed by atoms with Gasteiger partial charge in [-0.1, -0.05) is 18.2 Å². The van der Waals surface area contributed by atoms with Crippen LogP contribution in [0.25, 0.3) is 16.9 Å². The minimum absolute atomic E-state index is 0.0105. The Morgan fingerprint density at radius 3 is 2.36 bits per heavy atom. The number of hydrogen-bond acceptors (Lipinski definition) is 5. The number of carbonyl (C=O) groups excluding carboxylic acids is 2. The summed E-state index contributed by atoms with van der Waals surface area (Å²) < 4.78 is 12.5. The number of para-hydroxylation sites is 1. The summed E-state index contributed by atoms with van der Waals surface area (Å²) in [5, 5.41) is 7.71. The summed E-state index contributed by atoms with van der Waals surface area (Å²) in [7, 11) is 1.63. The highest BCUT2D eigenvalue weighted by Crippen LogP contribution is 2.27. The Labute approximate surface area is 209 Å². The molecule has 2 aromatic heterocycles. The van der Waals surface area contributed by atoms with Crippen LogP contribution in [0, 0.1) is 6.92 Å². The van der Waals surface area contributed by atoms with Crippen molar-refractivity contribution in [3.63, 3.8) is 0 Å². The summed E-state index contributed by atoms with van der Waals surface area (Å²) in [4.78, 5) is 27.6. The largest absolute Gasteiger partial charge is 0.497 e. The van der Waals surface area contributed by atoms with Crippen molar-refractivity contribution in [3.05, 3.63) is 90.0 Å². The van der Waals surface area contributed by atoms with Crippen LogP contribution < -0.4 is 10.1 Å². The number of nitrogens with one attached hydrogen (secondary N) is 1. The van der Waals surface area contributed by atoms with E-state index in [1.54, 1.807) is 35.7 Å². The second-order valence-corrected chi connectivity index (χ2v) is 8.84. The fourth-order valence-electron chi connectivity index (χ4n) is 4.42. The topological polar surface area (TPSA) is 89.6 Å². The molecular weight excluding hydrogens is 456 g/mol. The first kappa shape index (κ1) is 23.4. The predicted octanol–water partition coefficient (Wildman–Crippen LogP) is 4.48. The van der Waals surface area contributed by atoms with Gasteiger partial charge < -0.3 is 19.4 Å². The molecule has 0 saturated carbocycles. The van der Waals surface area contributed by atoms with Gasteiger partial charge in [0.25, 0.3) is 11.8 Å². The van der Waals surface area contributed by atoms with Crippen LogP contribution in [0.2, 0.25) is 0 Å². The molecule has 36 heavy (non-hydrogen) atoms. The molecule has 0 radical (unpaired) electrons. The molecule has 184 valence electrons. The van der Waals surface area contributed by atoms with Crippen LogP contribution in [0.3, 0.4) is 0 Å². The van der Waals surface area contributed by atoms with Gasteiger partial charge in [-0.25, -0.2) is 4.68 Å². The molecule has 2 amide bonds. The molecule has 8 nitrogen and oxygen atoms in total. The minimum atomic E-state index is -0.224. The van der Waals surface area contributed by atoms with Gasteiger partial charge in [0.1, 0.15) is 11.5 Å². The minimum Gasteiger partial charge on any atom is -0.497 e. The number of furan rings is 1. The quantitative estimate of drug-likeness (QED) is 0.436. The van der Waals surface area contributed by atoms with E-state index < -0.39 is 0 Å². The van der Waals surface area contributed by atoms with E-state index >= 15 is 0 Å². The average Bonchev–Trinajstić information content (AvgIpc) is 3.56. The first-order valence-corrected chi connectivity index (χ1v) is 12.0. The predicted molar refractivity (Wildman–Crippen MR) is 135 cm³/mol. The Morgan fingerprint density at radius 2 is 1.72 bits per heavy atom. The normalized spacial score (nSPS) is 14.0.